The Kier molecular flexibility index (Phi) is 5.91. The second-order valence-corrected chi connectivity index (χ2v) is 6.47. The van der Waals surface area contributed by atoms with Crippen molar-refractivity contribution in [3.8, 4) is 6.07 Å². The van der Waals surface area contributed by atoms with Crippen molar-refractivity contribution in [3.63, 3.8) is 0 Å². The Morgan fingerprint density at radius 2 is 2.00 bits per heavy atom. The lowest BCUT2D eigenvalue weighted by Crippen LogP contribution is -3.12. The number of amides is 1. The van der Waals surface area contributed by atoms with E-state index in [0.29, 0.717) is 11.3 Å². The molecular weight excluding hydrogens is 354 g/mol. The van der Waals surface area contributed by atoms with E-state index in [0.717, 1.165) is 15.9 Å². The monoisotopic (exact) mass is 372 g/mol. The molecular formula is C18H19BrN3O+. The molecule has 0 spiro atoms. The number of quaternary nitrogens is 1. The van der Waals surface area contributed by atoms with Gasteiger partial charge in [0.25, 0.3) is 5.91 Å². The Balaban J connectivity index is 1.98. The number of hydrogen-bond acceptors (Lipinski definition) is 2. The van der Waals surface area contributed by atoms with Gasteiger partial charge >= 0.3 is 0 Å². The highest BCUT2D eigenvalue weighted by Gasteiger charge is 2.22. The predicted molar refractivity (Wildman–Crippen MR) is 94.0 cm³/mol. The van der Waals surface area contributed by atoms with Gasteiger partial charge in [-0.3, -0.25) is 4.79 Å². The molecule has 23 heavy (non-hydrogen) atoms. The van der Waals surface area contributed by atoms with Gasteiger partial charge in [0.2, 0.25) is 0 Å². The van der Waals surface area contributed by atoms with Crippen LogP contribution in [0, 0.1) is 11.3 Å². The van der Waals surface area contributed by atoms with Crippen LogP contribution in [-0.4, -0.2) is 19.0 Å². The lowest BCUT2D eigenvalue weighted by Gasteiger charge is -2.21. The molecule has 0 heterocycles. The van der Waals surface area contributed by atoms with Gasteiger partial charge in [0.1, 0.15) is 6.54 Å². The van der Waals surface area contributed by atoms with Crippen LogP contribution in [0.15, 0.2) is 53.0 Å². The third-order valence-corrected chi connectivity index (χ3v) is 4.32. The summed E-state index contributed by atoms with van der Waals surface area (Å²) in [6.07, 6.45) is 0. The minimum Gasteiger partial charge on any atom is -0.324 e. The van der Waals surface area contributed by atoms with Crippen molar-refractivity contribution < 1.29 is 9.69 Å². The summed E-state index contributed by atoms with van der Waals surface area (Å²) in [7, 11) is 2.00. The number of hydrogen-bond donors (Lipinski definition) is 2. The van der Waals surface area contributed by atoms with Gasteiger partial charge in [0.05, 0.1) is 18.7 Å². The number of nitrogens with one attached hydrogen (secondary N) is 2. The highest BCUT2D eigenvalue weighted by Crippen LogP contribution is 2.11. The van der Waals surface area contributed by atoms with Crippen LogP contribution in [0.25, 0.3) is 0 Å². The lowest BCUT2D eigenvalue weighted by atomic mass is 10.1. The quantitative estimate of drug-likeness (QED) is 0.846. The molecule has 2 atom stereocenters. The molecule has 2 rings (SSSR count). The fraction of sp³-hybridized carbons (Fsp3) is 0.222. The molecule has 2 N–H and O–H groups in total. The molecule has 0 fully saturated rings. The first-order valence-electron chi connectivity index (χ1n) is 7.37. The molecule has 118 valence electrons. The highest BCUT2D eigenvalue weighted by atomic mass is 79.9. The van der Waals surface area contributed by atoms with Crippen molar-refractivity contribution in [1.82, 2.24) is 0 Å². The maximum absolute atomic E-state index is 12.4. The van der Waals surface area contributed by atoms with Crippen molar-refractivity contribution in [2.45, 2.75) is 19.5 Å². The minimum atomic E-state index is -0.204. The van der Waals surface area contributed by atoms with Crippen LogP contribution in [-0.2, 0) is 11.3 Å². The Labute approximate surface area is 144 Å². The van der Waals surface area contributed by atoms with Crippen LogP contribution in [0.4, 0.5) is 5.69 Å². The number of halogens is 1. The average molecular weight is 373 g/mol. The van der Waals surface area contributed by atoms with E-state index >= 15 is 0 Å². The van der Waals surface area contributed by atoms with Crippen molar-refractivity contribution in [3.05, 3.63) is 64.1 Å². The fourth-order valence-electron chi connectivity index (χ4n) is 2.22. The zero-order valence-corrected chi connectivity index (χ0v) is 14.7. The van der Waals surface area contributed by atoms with E-state index in [1.807, 2.05) is 26.1 Å². The third-order valence-electron chi connectivity index (χ3n) is 3.79. The van der Waals surface area contributed by atoms with E-state index in [1.165, 1.54) is 5.56 Å². The highest BCUT2D eigenvalue weighted by molar-refractivity contribution is 9.10. The molecule has 0 bridgehead atoms. The van der Waals surface area contributed by atoms with Gasteiger partial charge in [-0.25, -0.2) is 0 Å². The summed E-state index contributed by atoms with van der Waals surface area (Å²) >= 11 is 3.42. The molecule has 2 aromatic carbocycles. The van der Waals surface area contributed by atoms with E-state index in [4.69, 9.17) is 5.26 Å². The van der Waals surface area contributed by atoms with Gasteiger partial charge in [-0.05, 0) is 37.3 Å². The molecule has 2 aromatic rings. The van der Waals surface area contributed by atoms with Crippen LogP contribution in [0.1, 0.15) is 18.1 Å². The largest absolute Gasteiger partial charge is 0.324 e. The Hall–Kier alpha value is -2.16. The number of nitrogens with zero attached hydrogens (tertiary/aromatic N) is 1. The molecule has 0 aliphatic rings. The van der Waals surface area contributed by atoms with Crippen molar-refractivity contribution in [1.29, 1.82) is 5.26 Å². The minimum absolute atomic E-state index is 0.0605. The second kappa shape index (κ2) is 7.91. The van der Waals surface area contributed by atoms with Crippen molar-refractivity contribution >= 4 is 27.5 Å². The van der Waals surface area contributed by atoms with Crippen LogP contribution in [0.5, 0.6) is 0 Å². The Morgan fingerprint density at radius 3 is 2.65 bits per heavy atom. The summed E-state index contributed by atoms with van der Waals surface area (Å²) in [4.78, 5) is 13.5. The predicted octanol–water partition coefficient (Wildman–Crippen LogP) is 2.36. The Morgan fingerprint density at radius 1 is 1.30 bits per heavy atom. The van der Waals surface area contributed by atoms with Gasteiger partial charge in [0.15, 0.2) is 6.04 Å². The zero-order valence-electron chi connectivity index (χ0n) is 13.1. The molecule has 0 aliphatic carbocycles. The van der Waals surface area contributed by atoms with Crippen LogP contribution in [0.2, 0.25) is 0 Å². The topological polar surface area (TPSA) is 57.3 Å². The van der Waals surface area contributed by atoms with Gasteiger partial charge in [-0.2, -0.15) is 5.26 Å². The summed E-state index contributed by atoms with van der Waals surface area (Å²) in [6, 6.07) is 16.9. The van der Waals surface area contributed by atoms with Crippen LogP contribution in [0.3, 0.4) is 0 Å². The molecule has 1 unspecified atom stereocenters. The van der Waals surface area contributed by atoms with E-state index < -0.39 is 0 Å². The van der Waals surface area contributed by atoms with Crippen LogP contribution >= 0.6 is 15.9 Å². The summed E-state index contributed by atoms with van der Waals surface area (Å²) in [6.45, 7) is 2.66. The summed E-state index contributed by atoms with van der Waals surface area (Å²) in [5.74, 6) is -0.0605. The zero-order chi connectivity index (χ0) is 16.8. The maximum atomic E-state index is 12.4. The maximum Gasteiger partial charge on any atom is 0.282 e. The number of nitriles is 1. The molecule has 0 aromatic heterocycles. The van der Waals surface area contributed by atoms with E-state index in [-0.39, 0.29) is 11.9 Å². The summed E-state index contributed by atoms with van der Waals surface area (Å²) in [5.41, 5.74) is 2.36. The number of carbonyl (C=O) groups is 1. The summed E-state index contributed by atoms with van der Waals surface area (Å²) < 4.78 is 1.04. The number of likely N-dealkylation sites (N-methyl/N-ethyl adjacent to an activating group) is 1. The number of rotatable bonds is 5. The molecule has 5 heteroatoms. The fourth-order valence-corrected chi connectivity index (χ4v) is 2.48. The first-order valence-corrected chi connectivity index (χ1v) is 8.16. The molecule has 0 saturated heterocycles. The molecule has 0 radical (unpaired) electrons. The van der Waals surface area contributed by atoms with Gasteiger partial charge < -0.3 is 10.2 Å². The molecule has 4 nitrogen and oxygen atoms in total. The van der Waals surface area contributed by atoms with Gasteiger partial charge in [-0.15, -0.1) is 0 Å². The average Bonchev–Trinajstić information content (AvgIpc) is 2.56. The standard InChI is InChI=1S/C18H18BrN3O/c1-13(22(2)12-14-6-8-16(19)9-7-14)18(23)21-17-5-3-4-15(10-17)11-20/h3-10,13H,12H2,1-2H3,(H,21,23)/p+1/t13-/m0/s1. The van der Waals surface area contributed by atoms with Gasteiger partial charge in [-0.1, -0.05) is 34.1 Å². The third kappa shape index (κ3) is 4.92. The molecule has 0 saturated carbocycles. The normalized spacial score (nSPS) is 13.0. The number of benzene rings is 2. The van der Waals surface area contributed by atoms with E-state index in [1.54, 1.807) is 24.3 Å². The molecule has 1 amide bonds. The first kappa shape index (κ1) is 17.2. The smallest absolute Gasteiger partial charge is 0.282 e. The second-order valence-electron chi connectivity index (χ2n) is 5.55. The Bertz CT molecular complexity index is 722. The number of anilines is 1. The molecule has 0 aliphatic heterocycles. The SMILES string of the molecule is C[C@@H](C(=O)Nc1cccc(C#N)c1)[NH+](C)Cc1ccc(Br)cc1. The van der Waals surface area contributed by atoms with E-state index in [2.05, 4.69) is 39.4 Å². The van der Waals surface area contributed by atoms with Crippen LogP contribution < -0.4 is 10.2 Å². The first-order chi connectivity index (χ1) is 11.0. The van der Waals surface area contributed by atoms with E-state index in [9.17, 15) is 4.79 Å². The lowest BCUT2D eigenvalue weighted by molar-refractivity contribution is -0.907. The van der Waals surface area contributed by atoms with Gasteiger partial charge in [0, 0.05) is 15.7 Å². The number of carbonyl (C=O) groups excluding carboxylic acids is 1. The summed E-state index contributed by atoms with van der Waals surface area (Å²) in [5, 5.41) is 11.8. The van der Waals surface area contributed by atoms with Crippen molar-refractivity contribution in [2.24, 2.45) is 0 Å². The van der Waals surface area contributed by atoms with Crippen molar-refractivity contribution in [2.75, 3.05) is 12.4 Å².